The van der Waals surface area contributed by atoms with E-state index in [0.717, 1.165) is 12.3 Å². The second kappa shape index (κ2) is 7.81. The Labute approximate surface area is 121 Å². The molecule has 19 heavy (non-hydrogen) atoms. The van der Waals surface area contributed by atoms with Crippen molar-refractivity contribution >= 4 is 11.8 Å². The maximum absolute atomic E-state index is 5.46. The first-order chi connectivity index (χ1) is 9.35. The second-order valence-corrected chi connectivity index (χ2v) is 6.43. The van der Waals surface area contributed by atoms with Gasteiger partial charge in [0.1, 0.15) is 5.75 Å². The lowest BCUT2D eigenvalue weighted by atomic mass is 9.95. The minimum atomic E-state index is 0.656. The van der Waals surface area contributed by atoms with Gasteiger partial charge in [0.15, 0.2) is 0 Å². The standard InChI is InChI=1S/C16H25NOS/c1-3-12-17-13-8-4-6-10-15(13)19-16-11-7-5-9-14(16)18-2/h5,7,9,11,13,15,17H,3-4,6,8,10,12H2,1-2H3. The maximum Gasteiger partial charge on any atom is 0.132 e. The summed E-state index contributed by atoms with van der Waals surface area (Å²) >= 11 is 1.99. The van der Waals surface area contributed by atoms with Crippen molar-refractivity contribution < 1.29 is 4.74 Å². The molecule has 0 bridgehead atoms. The smallest absolute Gasteiger partial charge is 0.132 e. The number of methoxy groups -OCH3 is 1. The van der Waals surface area contributed by atoms with Crippen LogP contribution in [0.25, 0.3) is 0 Å². The number of hydrogen-bond acceptors (Lipinski definition) is 3. The summed E-state index contributed by atoms with van der Waals surface area (Å²) in [7, 11) is 1.76. The third-order valence-electron chi connectivity index (χ3n) is 3.71. The summed E-state index contributed by atoms with van der Waals surface area (Å²) in [4.78, 5) is 1.28. The Hall–Kier alpha value is -0.670. The Kier molecular flexibility index (Phi) is 6.05. The molecule has 0 radical (unpaired) electrons. The van der Waals surface area contributed by atoms with Gasteiger partial charge in [0, 0.05) is 16.2 Å². The molecule has 1 aromatic carbocycles. The molecule has 2 atom stereocenters. The van der Waals surface area contributed by atoms with Crippen LogP contribution >= 0.6 is 11.8 Å². The van der Waals surface area contributed by atoms with Crippen LogP contribution in [0.3, 0.4) is 0 Å². The summed E-state index contributed by atoms with van der Waals surface area (Å²) in [6.07, 6.45) is 6.56. The van der Waals surface area contributed by atoms with Gasteiger partial charge >= 0.3 is 0 Å². The monoisotopic (exact) mass is 279 g/mol. The Bertz CT molecular complexity index is 383. The van der Waals surface area contributed by atoms with Gasteiger partial charge in [0.25, 0.3) is 0 Å². The van der Waals surface area contributed by atoms with Crippen LogP contribution in [0.15, 0.2) is 29.2 Å². The molecule has 2 rings (SSSR count). The summed E-state index contributed by atoms with van der Waals surface area (Å²) in [6, 6.07) is 9.02. The fourth-order valence-electron chi connectivity index (χ4n) is 2.68. The van der Waals surface area contributed by atoms with E-state index in [1.165, 1.54) is 37.0 Å². The van der Waals surface area contributed by atoms with Gasteiger partial charge < -0.3 is 10.1 Å². The molecule has 106 valence electrons. The minimum Gasteiger partial charge on any atom is -0.496 e. The van der Waals surface area contributed by atoms with Crippen molar-refractivity contribution in [3.63, 3.8) is 0 Å². The van der Waals surface area contributed by atoms with Crippen LogP contribution in [0.4, 0.5) is 0 Å². The Morgan fingerprint density at radius 3 is 2.84 bits per heavy atom. The first kappa shape index (κ1) is 14.7. The van der Waals surface area contributed by atoms with E-state index >= 15 is 0 Å². The average molecular weight is 279 g/mol. The molecule has 2 nitrogen and oxygen atoms in total. The van der Waals surface area contributed by atoms with Crippen LogP contribution in [0.2, 0.25) is 0 Å². The van der Waals surface area contributed by atoms with Gasteiger partial charge in [-0.05, 0) is 37.9 Å². The third kappa shape index (κ3) is 4.15. The van der Waals surface area contributed by atoms with Gasteiger partial charge in [-0.2, -0.15) is 0 Å². The van der Waals surface area contributed by atoms with Crippen molar-refractivity contribution in [1.29, 1.82) is 0 Å². The van der Waals surface area contributed by atoms with Crippen molar-refractivity contribution in [2.45, 2.75) is 55.2 Å². The summed E-state index contributed by atoms with van der Waals surface area (Å²) < 4.78 is 5.46. The average Bonchev–Trinajstić information content (AvgIpc) is 2.47. The van der Waals surface area contributed by atoms with Gasteiger partial charge in [-0.1, -0.05) is 31.9 Å². The van der Waals surface area contributed by atoms with Gasteiger partial charge in [0.2, 0.25) is 0 Å². The zero-order valence-electron chi connectivity index (χ0n) is 12.0. The first-order valence-electron chi connectivity index (χ1n) is 7.38. The van der Waals surface area contributed by atoms with Crippen LogP contribution in [0, 0.1) is 0 Å². The first-order valence-corrected chi connectivity index (χ1v) is 8.26. The maximum atomic E-state index is 5.46. The van der Waals surface area contributed by atoms with Crippen molar-refractivity contribution in [3.8, 4) is 5.75 Å². The second-order valence-electron chi connectivity index (χ2n) is 5.15. The highest BCUT2D eigenvalue weighted by Gasteiger charge is 2.26. The van der Waals surface area contributed by atoms with Crippen molar-refractivity contribution in [1.82, 2.24) is 5.32 Å². The topological polar surface area (TPSA) is 21.3 Å². The fourth-order valence-corrected chi connectivity index (χ4v) is 4.11. The molecule has 1 aliphatic carbocycles. The molecule has 3 heteroatoms. The molecule has 1 N–H and O–H groups in total. The Balaban J connectivity index is 2.02. The molecule has 1 aromatic rings. The van der Waals surface area contributed by atoms with Crippen LogP contribution < -0.4 is 10.1 Å². The molecule has 1 saturated carbocycles. The summed E-state index contributed by atoms with van der Waals surface area (Å²) in [5.41, 5.74) is 0. The van der Waals surface area contributed by atoms with Crippen LogP contribution in [-0.2, 0) is 0 Å². The van der Waals surface area contributed by atoms with E-state index in [-0.39, 0.29) is 0 Å². The lowest BCUT2D eigenvalue weighted by molar-refractivity contribution is 0.383. The van der Waals surface area contributed by atoms with E-state index < -0.39 is 0 Å². The summed E-state index contributed by atoms with van der Waals surface area (Å²) in [5.74, 6) is 1.01. The summed E-state index contributed by atoms with van der Waals surface area (Å²) in [6.45, 7) is 3.37. The van der Waals surface area contributed by atoms with Gasteiger partial charge in [-0.3, -0.25) is 0 Å². The van der Waals surface area contributed by atoms with E-state index in [0.29, 0.717) is 11.3 Å². The number of para-hydroxylation sites is 1. The number of nitrogens with one attached hydrogen (secondary N) is 1. The molecular weight excluding hydrogens is 254 g/mol. The molecule has 1 fully saturated rings. The number of benzene rings is 1. The van der Waals surface area contributed by atoms with Crippen molar-refractivity contribution in [2.24, 2.45) is 0 Å². The fraction of sp³-hybridized carbons (Fsp3) is 0.625. The molecular formula is C16H25NOS. The highest BCUT2D eigenvalue weighted by molar-refractivity contribution is 8.00. The Morgan fingerprint density at radius 2 is 2.05 bits per heavy atom. The molecule has 0 aliphatic heterocycles. The molecule has 0 heterocycles. The van der Waals surface area contributed by atoms with Crippen LogP contribution in [0.1, 0.15) is 39.0 Å². The molecule has 1 aliphatic rings. The van der Waals surface area contributed by atoms with Crippen molar-refractivity contribution in [3.05, 3.63) is 24.3 Å². The van der Waals surface area contributed by atoms with Crippen LogP contribution in [0.5, 0.6) is 5.75 Å². The largest absolute Gasteiger partial charge is 0.496 e. The van der Waals surface area contributed by atoms with Crippen LogP contribution in [-0.4, -0.2) is 24.9 Å². The predicted octanol–water partition coefficient (Wildman–Crippen LogP) is 4.10. The van der Waals surface area contributed by atoms with E-state index in [9.17, 15) is 0 Å². The molecule has 0 amide bonds. The third-order valence-corrected chi connectivity index (χ3v) is 5.16. The molecule has 2 unspecified atom stereocenters. The number of hydrogen-bond donors (Lipinski definition) is 1. The quantitative estimate of drug-likeness (QED) is 0.847. The molecule has 0 saturated heterocycles. The molecule has 0 aromatic heterocycles. The zero-order chi connectivity index (χ0) is 13.5. The normalized spacial score (nSPS) is 23.3. The number of rotatable bonds is 6. The van der Waals surface area contributed by atoms with Gasteiger partial charge in [0.05, 0.1) is 7.11 Å². The van der Waals surface area contributed by atoms with Gasteiger partial charge in [-0.15, -0.1) is 11.8 Å². The van der Waals surface area contributed by atoms with E-state index in [2.05, 4.69) is 30.4 Å². The van der Waals surface area contributed by atoms with E-state index in [4.69, 9.17) is 4.74 Å². The molecule has 0 spiro atoms. The highest BCUT2D eigenvalue weighted by Crippen LogP contribution is 2.38. The summed E-state index contributed by atoms with van der Waals surface area (Å²) in [5, 5.41) is 4.39. The lowest BCUT2D eigenvalue weighted by Crippen LogP contribution is -2.40. The van der Waals surface area contributed by atoms with E-state index in [1.807, 2.05) is 17.8 Å². The number of thioether (sulfide) groups is 1. The predicted molar refractivity (Wildman–Crippen MR) is 83.2 cm³/mol. The lowest BCUT2D eigenvalue weighted by Gasteiger charge is -2.32. The van der Waals surface area contributed by atoms with Gasteiger partial charge in [-0.25, -0.2) is 0 Å². The highest BCUT2D eigenvalue weighted by atomic mass is 32.2. The zero-order valence-corrected chi connectivity index (χ0v) is 12.8. The van der Waals surface area contributed by atoms with E-state index in [1.54, 1.807) is 7.11 Å². The Morgan fingerprint density at radius 1 is 1.26 bits per heavy atom. The number of ether oxygens (including phenoxy) is 1. The van der Waals surface area contributed by atoms with Crippen molar-refractivity contribution in [2.75, 3.05) is 13.7 Å². The minimum absolute atomic E-state index is 0.656. The SMILES string of the molecule is CCCNC1CCCCC1Sc1ccccc1OC.